The molecule has 21 heavy (non-hydrogen) atoms. The summed E-state index contributed by atoms with van der Waals surface area (Å²) in [5, 5.41) is 12.8. The summed E-state index contributed by atoms with van der Waals surface area (Å²) in [4.78, 5) is 11.9. The third-order valence-corrected chi connectivity index (χ3v) is 4.13. The summed E-state index contributed by atoms with van der Waals surface area (Å²) in [6, 6.07) is 12.9. The summed E-state index contributed by atoms with van der Waals surface area (Å²) in [5.41, 5.74) is -0.356. The first-order chi connectivity index (χ1) is 9.99. The van der Waals surface area contributed by atoms with Crippen molar-refractivity contribution in [1.29, 1.82) is 0 Å². The number of carbonyl (C=O) groups is 1. The van der Waals surface area contributed by atoms with E-state index in [9.17, 15) is 14.3 Å². The van der Waals surface area contributed by atoms with Crippen molar-refractivity contribution in [2.75, 3.05) is 5.32 Å². The molecule has 0 heterocycles. The highest BCUT2D eigenvalue weighted by Crippen LogP contribution is 2.33. The predicted molar refractivity (Wildman–Crippen MR) is 83.8 cm³/mol. The molecular weight excluding hydrogens is 337 g/mol. The minimum Gasteiger partial charge on any atom is -0.479 e. The van der Waals surface area contributed by atoms with E-state index >= 15 is 0 Å². The van der Waals surface area contributed by atoms with Gasteiger partial charge in [0.05, 0.1) is 0 Å². The van der Waals surface area contributed by atoms with Crippen LogP contribution in [0.15, 0.2) is 53.0 Å². The molecule has 0 spiro atoms. The monoisotopic (exact) mass is 351 g/mol. The highest BCUT2D eigenvalue weighted by Gasteiger charge is 2.39. The molecule has 5 heteroatoms. The Hall–Kier alpha value is -1.88. The number of hydrogen-bond donors (Lipinski definition) is 2. The van der Waals surface area contributed by atoms with Crippen LogP contribution >= 0.6 is 15.9 Å². The molecule has 3 nitrogen and oxygen atoms in total. The second-order valence-corrected chi connectivity index (χ2v) is 5.53. The maximum absolute atomic E-state index is 13.5. The largest absolute Gasteiger partial charge is 0.479 e. The number of nitrogens with one attached hydrogen (secondary N) is 1. The molecule has 0 aliphatic carbocycles. The van der Waals surface area contributed by atoms with Gasteiger partial charge in [-0.15, -0.1) is 0 Å². The number of aliphatic carboxylic acids is 1. The van der Waals surface area contributed by atoms with Crippen molar-refractivity contribution in [3.05, 3.63) is 64.4 Å². The van der Waals surface area contributed by atoms with E-state index in [1.54, 1.807) is 25.1 Å². The van der Waals surface area contributed by atoms with Crippen molar-refractivity contribution >= 4 is 27.6 Å². The maximum atomic E-state index is 13.5. The Morgan fingerprint density at radius 2 is 2.00 bits per heavy atom. The van der Waals surface area contributed by atoms with Crippen molar-refractivity contribution < 1.29 is 14.3 Å². The zero-order chi connectivity index (χ0) is 15.5. The van der Waals surface area contributed by atoms with Crippen LogP contribution in [0.3, 0.4) is 0 Å². The number of benzene rings is 2. The van der Waals surface area contributed by atoms with Gasteiger partial charge in [-0.1, -0.05) is 31.2 Å². The van der Waals surface area contributed by atoms with Gasteiger partial charge >= 0.3 is 5.97 Å². The molecule has 110 valence electrons. The van der Waals surface area contributed by atoms with E-state index in [-0.39, 0.29) is 6.42 Å². The van der Waals surface area contributed by atoms with Crippen molar-refractivity contribution in [2.45, 2.75) is 18.9 Å². The maximum Gasteiger partial charge on any atom is 0.334 e. The topological polar surface area (TPSA) is 49.3 Å². The molecule has 0 radical (unpaired) electrons. The lowest BCUT2D eigenvalue weighted by Crippen LogP contribution is -2.43. The van der Waals surface area contributed by atoms with Gasteiger partial charge in [-0.25, -0.2) is 9.18 Å². The molecule has 1 atom stereocenters. The first-order valence-electron chi connectivity index (χ1n) is 6.52. The van der Waals surface area contributed by atoms with Gasteiger partial charge in [0, 0.05) is 10.2 Å². The number of rotatable bonds is 5. The van der Waals surface area contributed by atoms with Crippen molar-refractivity contribution in [1.82, 2.24) is 0 Å². The van der Waals surface area contributed by atoms with Crippen molar-refractivity contribution in [3.63, 3.8) is 0 Å². The third kappa shape index (κ3) is 3.08. The van der Waals surface area contributed by atoms with Gasteiger partial charge in [0.15, 0.2) is 5.54 Å². The molecule has 0 saturated carbocycles. The molecule has 1 unspecified atom stereocenters. The van der Waals surface area contributed by atoms with Crippen LogP contribution in [0.1, 0.15) is 18.9 Å². The molecule has 2 rings (SSSR count). The van der Waals surface area contributed by atoms with E-state index in [0.29, 0.717) is 11.3 Å². The summed E-state index contributed by atoms with van der Waals surface area (Å²) >= 11 is 3.38. The molecular formula is C16H15BrFNO2. The lowest BCUT2D eigenvalue weighted by Gasteiger charge is -2.31. The summed E-state index contributed by atoms with van der Waals surface area (Å²) < 4.78 is 14.2. The molecule has 0 bridgehead atoms. The molecule has 0 aromatic heterocycles. The van der Waals surface area contributed by atoms with E-state index in [2.05, 4.69) is 21.2 Å². The van der Waals surface area contributed by atoms with Crippen LogP contribution in [0, 0.1) is 5.82 Å². The van der Waals surface area contributed by atoms with Gasteiger partial charge in [0.1, 0.15) is 5.82 Å². The second-order valence-electron chi connectivity index (χ2n) is 4.68. The van der Waals surface area contributed by atoms with E-state index in [1.807, 2.05) is 12.1 Å². The van der Waals surface area contributed by atoms with Crippen LogP contribution in [-0.4, -0.2) is 11.1 Å². The van der Waals surface area contributed by atoms with Crippen LogP contribution in [0.2, 0.25) is 0 Å². The predicted octanol–water partition coefficient (Wildman–Crippen LogP) is 4.39. The summed E-state index contributed by atoms with van der Waals surface area (Å²) in [6.45, 7) is 1.75. The van der Waals surface area contributed by atoms with E-state index in [1.165, 1.54) is 18.2 Å². The summed E-state index contributed by atoms with van der Waals surface area (Å²) in [7, 11) is 0. The Morgan fingerprint density at radius 3 is 2.57 bits per heavy atom. The van der Waals surface area contributed by atoms with E-state index < -0.39 is 17.3 Å². The molecule has 2 aromatic carbocycles. The SMILES string of the molecule is CCC(Nc1ccccc1Br)(C(=O)O)c1cccc(F)c1. The van der Waals surface area contributed by atoms with Gasteiger partial charge in [-0.3, -0.25) is 0 Å². The quantitative estimate of drug-likeness (QED) is 0.839. The van der Waals surface area contributed by atoms with E-state index in [0.717, 1.165) is 4.47 Å². The number of para-hydroxylation sites is 1. The zero-order valence-electron chi connectivity index (χ0n) is 11.4. The Kier molecular flexibility index (Phi) is 4.63. The molecule has 2 aromatic rings. The number of hydrogen-bond acceptors (Lipinski definition) is 2. The third-order valence-electron chi connectivity index (χ3n) is 3.43. The van der Waals surface area contributed by atoms with Crippen LogP contribution in [0.25, 0.3) is 0 Å². The molecule has 0 aliphatic heterocycles. The number of carboxylic acids is 1. The van der Waals surface area contributed by atoms with Crippen molar-refractivity contribution in [2.24, 2.45) is 0 Å². The van der Waals surface area contributed by atoms with Crippen LogP contribution in [0.4, 0.5) is 10.1 Å². The number of halogens is 2. The summed E-state index contributed by atoms with van der Waals surface area (Å²) in [5.74, 6) is -1.51. The first-order valence-corrected chi connectivity index (χ1v) is 7.31. The number of carboxylic acid groups (broad SMARTS) is 1. The molecule has 0 fully saturated rings. The Labute approximate surface area is 130 Å². The highest BCUT2D eigenvalue weighted by molar-refractivity contribution is 9.10. The lowest BCUT2D eigenvalue weighted by atomic mass is 9.86. The van der Waals surface area contributed by atoms with Crippen LogP contribution in [-0.2, 0) is 10.3 Å². The fourth-order valence-electron chi connectivity index (χ4n) is 2.24. The highest BCUT2D eigenvalue weighted by atomic mass is 79.9. The van der Waals surface area contributed by atoms with Crippen LogP contribution in [0.5, 0.6) is 0 Å². The smallest absolute Gasteiger partial charge is 0.334 e. The van der Waals surface area contributed by atoms with Gasteiger partial charge in [-0.05, 0) is 52.2 Å². The Bertz CT molecular complexity index is 662. The standard InChI is InChI=1S/C16H15BrFNO2/c1-2-16(15(20)21,11-6-5-7-12(18)10-11)19-14-9-4-3-8-13(14)17/h3-10,19H,2H2,1H3,(H,20,21). The average molecular weight is 352 g/mol. The average Bonchev–Trinajstić information content (AvgIpc) is 2.46. The minimum atomic E-state index is -1.38. The van der Waals surface area contributed by atoms with Crippen LogP contribution < -0.4 is 5.32 Å². The molecule has 0 saturated heterocycles. The fourth-order valence-corrected chi connectivity index (χ4v) is 2.62. The minimum absolute atomic E-state index is 0.271. The van der Waals surface area contributed by atoms with E-state index in [4.69, 9.17) is 0 Å². The lowest BCUT2D eigenvalue weighted by molar-refractivity contribution is -0.142. The Morgan fingerprint density at radius 1 is 1.29 bits per heavy atom. The van der Waals surface area contributed by atoms with Gasteiger partial charge in [0.2, 0.25) is 0 Å². The second kappa shape index (κ2) is 6.26. The van der Waals surface area contributed by atoms with Gasteiger partial charge in [0.25, 0.3) is 0 Å². The number of anilines is 1. The molecule has 2 N–H and O–H groups in total. The van der Waals surface area contributed by atoms with Crippen molar-refractivity contribution in [3.8, 4) is 0 Å². The Balaban J connectivity index is 2.53. The molecule has 0 aliphatic rings. The van der Waals surface area contributed by atoms with Gasteiger partial charge < -0.3 is 10.4 Å². The normalized spacial score (nSPS) is 13.5. The van der Waals surface area contributed by atoms with Gasteiger partial charge in [-0.2, -0.15) is 0 Å². The first kappa shape index (κ1) is 15.5. The fraction of sp³-hybridized carbons (Fsp3) is 0.188. The zero-order valence-corrected chi connectivity index (χ0v) is 13.0. The molecule has 0 amide bonds. The summed E-state index contributed by atoms with van der Waals surface area (Å²) in [6.07, 6.45) is 0.271.